The van der Waals surface area contributed by atoms with Crippen molar-refractivity contribution in [3.63, 3.8) is 0 Å². The van der Waals surface area contributed by atoms with Crippen molar-refractivity contribution in [2.45, 2.75) is 24.7 Å². The van der Waals surface area contributed by atoms with Crippen LogP contribution in [0.25, 0.3) is 10.8 Å². The minimum Gasteiger partial charge on any atom is -0.505 e. The maximum Gasteiger partial charge on any atom is 0.433 e. The summed E-state index contributed by atoms with van der Waals surface area (Å²) in [5, 5.41) is 57.9. The van der Waals surface area contributed by atoms with Gasteiger partial charge in [0.25, 0.3) is 10.1 Å². The fraction of sp³-hybridized carbons (Fsp3) is 0.0811. The molecule has 0 atom stereocenters. The zero-order valence-corrected chi connectivity index (χ0v) is 42.4. The van der Waals surface area contributed by atoms with Gasteiger partial charge in [-0.25, -0.2) is 17.9 Å². The minimum atomic E-state index is -5.00. The monoisotopic (exact) mass is 1180 g/mol. The van der Waals surface area contributed by atoms with Gasteiger partial charge >= 0.3 is 26.8 Å². The Labute approximate surface area is 434 Å². The van der Waals surface area contributed by atoms with Crippen LogP contribution in [-0.2, 0) is 68.3 Å². The van der Waals surface area contributed by atoms with Gasteiger partial charge in [-0.1, -0.05) is 16.8 Å². The van der Waals surface area contributed by atoms with E-state index in [-0.39, 0.29) is 77.2 Å². The van der Waals surface area contributed by atoms with Gasteiger partial charge in [-0.15, -0.1) is 19.7 Å². The third-order valence-electron chi connectivity index (χ3n) is 8.61. The number of phenols is 1. The molecule has 0 bridgehead atoms. The quantitative estimate of drug-likeness (QED) is 0.00518. The number of aromatic hydroxyl groups is 1. The first-order valence-electron chi connectivity index (χ1n) is 19.2. The number of sulfone groups is 1. The van der Waals surface area contributed by atoms with Gasteiger partial charge in [0.05, 0.1) is 51.3 Å². The molecular weight excluding hydrogens is 1140 g/mol. The number of rotatable bonds is 23. The smallest absolute Gasteiger partial charge is 0.433 e. The molecule has 0 aliphatic rings. The highest BCUT2D eigenvalue weighted by Crippen LogP contribution is 2.48. The largest absolute Gasteiger partial charge is 0.505 e. The molecule has 0 unspecified atom stereocenters. The Morgan fingerprint density at radius 2 is 1.41 bits per heavy atom. The molecule has 0 spiro atoms. The van der Waals surface area contributed by atoms with E-state index in [0.717, 1.165) is 36.0 Å². The molecule has 0 radical (unpaired) electrons. The minimum absolute atomic E-state index is 0. The molecule has 1 aromatic heterocycles. The lowest BCUT2D eigenvalue weighted by Gasteiger charge is -2.12. The van der Waals surface area contributed by atoms with Crippen LogP contribution in [0.3, 0.4) is 0 Å². The van der Waals surface area contributed by atoms with Crippen LogP contribution in [0.4, 0.5) is 51.7 Å². The Balaban J connectivity index is 0.0000104. The van der Waals surface area contributed by atoms with Crippen molar-refractivity contribution in [1.29, 1.82) is 0 Å². The first kappa shape index (κ1) is 59.0. The van der Waals surface area contributed by atoms with Crippen LogP contribution in [0.5, 0.6) is 5.75 Å². The van der Waals surface area contributed by atoms with E-state index in [2.05, 4.69) is 74.1 Å². The van der Waals surface area contributed by atoms with Crippen molar-refractivity contribution < 1.29 is 95.8 Å². The summed E-state index contributed by atoms with van der Waals surface area (Å²) >= 11 is 1.93. The molecule has 0 fully saturated rings. The van der Waals surface area contributed by atoms with Crippen molar-refractivity contribution >= 4 is 145 Å². The van der Waals surface area contributed by atoms with Crippen molar-refractivity contribution in [2.24, 2.45) is 20.5 Å². The van der Waals surface area contributed by atoms with Crippen molar-refractivity contribution in [3.05, 3.63) is 84.9 Å². The van der Waals surface area contributed by atoms with Gasteiger partial charge in [0.2, 0.25) is 11.9 Å². The number of anilines is 5. The van der Waals surface area contributed by atoms with Gasteiger partial charge in [0.15, 0.2) is 26.8 Å². The summed E-state index contributed by atoms with van der Waals surface area (Å²) in [7, 11) is -18.8. The SMILES string of the molecule is Nc1ccc2c(O)c(N=Nc3ccc(SC#COOS(=O)(=O)O)cc3)c(SOOO)cc2c1N=Nc1cc(Nc2nc(Nc3ccc(S(=O)(=O)CCOS(=O)(=O)O)cc3)nc(SCC(=O)O)n2)ccc1S(=O)(=O)O.O. The molecule has 0 amide bonds. The average Bonchev–Trinajstić information content (AvgIpc) is 3.31. The molecule has 0 aliphatic carbocycles. The average molecular weight is 1180 g/mol. The Kier molecular flexibility index (Phi) is 20.1. The standard InChI is InChI=1S/C37H30N10O20S7.H2O/c38-27-11-10-25-26(18-29(70-66-65-51)33(34(25)50)47-44-21-1-6-23(7-2-21)68-15-13-63-67-74(60,61)62)32(27)46-45-28-17-22(5-12-30(28)72(54,55)56)40-36-41-35(42-37(43-36)69-19-31(48)49)39-20-3-8-24(9-4-20)71(52,53)16-14-64-73(57,58)59;/h1-12,17-18,50-51H,14,16,19,38H2,(H,48,49)(H,54,55,56)(H,57,58,59)(H,60,61,62)(H2,39,40,41,42,43);1H2. The lowest BCUT2D eigenvalue weighted by atomic mass is 10.1. The number of carboxylic acid groups (broad SMARTS) is 1. The van der Waals surface area contributed by atoms with E-state index in [1.165, 1.54) is 48.5 Å². The molecule has 75 heavy (non-hydrogen) atoms. The first-order chi connectivity index (χ1) is 34.9. The molecular formula is C37H32N10O21S7. The number of carbonyl (C=O) groups is 1. The highest BCUT2D eigenvalue weighted by Gasteiger charge is 2.22. The predicted octanol–water partition coefficient (Wildman–Crippen LogP) is 6.01. The molecule has 6 rings (SSSR count). The van der Waals surface area contributed by atoms with E-state index < -0.39 is 81.2 Å². The van der Waals surface area contributed by atoms with E-state index in [1.54, 1.807) is 12.1 Å². The summed E-state index contributed by atoms with van der Waals surface area (Å²) in [5.41, 5.74) is 5.85. The number of aliphatic carboxylic acids is 1. The summed E-state index contributed by atoms with van der Waals surface area (Å²) in [5.74, 6) is -3.49. The molecule has 0 saturated carbocycles. The second-order valence-corrected chi connectivity index (χ2v) is 21.8. The number of benzene rings is 5. The number of fused-ring (bicyclic) bond motifs is 1. The van der Waals surface area contributed by atoms with Crippen LogP contribution in [-0.4, -0.2) is 107 Å². The second kappa shape index (κ2) is 25.6. The topological polar surface area (TPSA) is 491 Å². The number of azo groups is 2. The summed E-state index contributed by atoms with van der Waals surface area (Å²) in [4.78, 5) is 27.6. The summed E-state index contributed by atoms with van der Waals surface area (Å²) in [6.45, 7) is -0.855. The van der Waals surface area contributed by atoms with E-state index in [1.807, 2.05) is 6.11 Å². The molecule has 12 N–H and O–H groups in total. The van der Waals surface area contributed by atoms with Crippen LogP contribution < -0.4 is 16.4 Å². The van der Waals surface area contributed by atoms with Crippen LogP contribution in [0.2, 0.25) is 0 Å². The van der Waals surface area contributed by atoms with Crippen molar-refractivity contribution in [2.75, 3.05) is 34.5 Å². The highest BCUT2D eigenvalue weighted by molar-refractivity contribution is 8.04. The third kappa shape index (κ3) is 17.6. The predicted molar refractivity (Wildman–Crippen MR) is 263 cm³/mol. The van der Waals surface area contributed by atoms with Gasteiger partial charge in [-0.05, 0) is 101 Å². The molecule has 38 heteroatoms. The van der Waals surface area contributed by atoms with E-state index in [9.17, 15) is 53.2 Å². The van der Waals surface area contributed by atoms with Crippen molar-refractivity contribution in [1.82, 2.24) is 15.0 Å². The third-order valence-corrected chi connectivity index (χ3v) is 14.1. The molecule has 1 heterocycles. The summed E-state index contributed by atoms with van der Waals surface area (Å²) in [6.07, 6.45) is 1.90. The molecule has 31 nitrogen and oxygen atoms in total. The molecule has 0 aliphatic heterocycles. The van der Waals surface area contributed by atoms with Crippen LogP contribution in [0, 0.1) is 11.4 Å². The Bertz CT molecular complexity index is 3680. The fourth-order valence-corrected chi connectivity index (χ4v) is 9.33. The molecule has 5 aromatic carbocycles. The van der Waals surface area contributed by atoms with E-state index in [4.69, 9.17) is 20.1 Å². The Hall–Kier alpha value is -6.91. The number of nitrogen functional groups attached to an aromatic ring is 1. The number of carboxylic acids is 1. The fourth-order valence-electron chi connectivity index (χ4n) is 5.62. The Morgan fingerprint density at radius 1 is 0.760 bits per heavy atom. The van der Waals surface area contributed by atoms with Crippen LogP contribution >= 0.6 is 35.6 Å². The number of phenolic OH excluding ortho intramolecular Hbond substituents is 1. The van der Waals surface area contributed by atoms with Gasteiger partial charge in [0.1, 0.15) is 22.0 Å². The molecule has 0 saturated heterocycles. The highest BCUT2D eigenvalue weighted by atomic mass is 32.3. The number of hydrogen-bond donors (Lipinski definition) is 9. The maximum atomic E-state index is 12.6. The number of thioether (sulfide) groups is 2. The first-order valence-corrected chi connectivity index (χ1v) is 27.6. The summed E-state index contributed by atoms with van der Waals surface area (Å²) < 4.78 is 133. The molecule has 6 aromatic rings. The van der Waals surface area contributed by atoms with Gasteiger partial charge in [-0.3, -0.25) is 23.3 Å². The zero-order chi connectivity index (χ0) is 53.8. The zero-order valence-electron chi connectivity index (χ0n) is 36.7. The van der Waals surface area contributed by atoms with Crippen LogP contribution in [0.1, 0.15) is 0 Å². The van der Waals surface area contributed by atoms with Crippen LogP contribution in [0.15, 0.2) is 130 Å². The van der Waals surface area contributed by atoms with Gasteiger partial charge in [0, 0.05) is 32.3 Å². The lowest BCUT2D eigenvalue weighted by Crippen LogP contribution is -2.15. The normalized spacial score (nSPS) is 12.1. The number of aromatic nitrogens is 3. The molecule has 398 valence electrons. The van der Waals surface area contributed by atoms with E-state index >= 15 is 0 Å². The number of hydrogen-bond acceptors (Lipinski definition) is 29. The van der Waals surface area contributed by atoms with E-state index in [0.29, 0.717) is 28.7 Å². The van der Waals surface area contributed by atoms with Gasteiger partial charge < -0.3 is 32.1 Å². The summed E-state index contributed by atoms with van der Waals surface area (Å²) in [6, 6.07) is 18.3. The number of nitrogens with one attached hydrogen (secondary N) is 2. The second-order valence-electron chi connectivity index (χ2n) is 13.6. The van der Waals surface area contributed by atoms with Crippen molar-refractivity contribution in [3.8, 4) is 17.1 Å². The van der Waals surface area contributed by atoms with Gasteiger partial charge in [-0.2, -0.15) is 45.3 Å². The maximum absolute atomic E-state index is 12.6. The number of nitrogens with two attached hydrogens (primary N) is 1. The lowest BCUT2D eigenvalue weighted by molar-refractivity contribution is -0.432. The number of nitrogens with zero attached hydrogens (tertiary/aromatic N) is 7. The Morgan fingerprint density at radius 3 is 2.04 bits per heavy atom.